The molecule has 8 heteroatoms. The number of amides is 1. The average molecular weight is 400 g/mol. The smallest absolute Gasteiger partial charge is 0.243 e. The number of nitrogens with zero attached hydrogens (tertiary/aromatic N) is 2. The first kappa shape index (κ1) is 21.6. The lowest BCUT2D eigenvalue weighted by atomic mass is 10.2. The van der Waals surface area contributed by atoms with Gasteiger partial charge in [0, 0.05) is 6.54 Å². The number of carbonyl (C=O) groups excluding carboxylic acids is 1. The number of rotatable bonds is 8. The van der Waals surface area contributed by atoms with E-state index in [1.165, 1.54) is 56.9 Å². The van der Waals surface area contributed by atoms with E-state index < -0.39 is 21.9 Å². The van der Waals surface area contributed by atoms with Gasteiger partial charge >= 0.3 is 0 Å². The number of hydrogen-bond donors (Lipinski definition) is 1. The third-order valence-corrected chi connectivity index (χ3v) is 6.06. The molecule has 1 aromatic rings. The van der Waals surface area contributed by atoms with E-state index in [-0.39, 0.29) is 11.6 Å². The second kappa shape index (κ2) is 10.0. The maximum atomic E-state index is 13.1. The van der Waals surface area contributed by atoms with Crippen LogP contribution in [0.15, 0.2) is 24.3 Å². The molecule has 1 aliphatic rings. The van der Waals surface area contributed by atoms with E-state index in [4.69, 9.17) is 0 Å². The minimum absolute atomic E-state index is 0.270. The summed E-state index contributed by atoms with van der Waals surface area (Å²) < 4.78 is 38.5. The summed E-state index contributed by atoms with van der Waals surface area (Å²) in [6.07, 6.45) is 6.90. The van der Waals surface area contributed by atoms with Crippen LogP contribution in [0.4, 0.5) is 10.1 Å². The van der Waals surface area contributed by atoms with Gasteiger partial charge in [-0.15, -0.1) is 0 Å². The summed E-state index contributed by atoms with van der Waals surface area (Å²) in [4.78, 5) is 14.9. The fourth-order valence-electron chi connectivity index (χ4n) is 3.42. The molecule has 1 aromatic carbocycles. The van der Waals surface area contributed by atoms with Crippen LogP contribution in [0.1, 0.15) is 39.0 Å². The van der Waals surface area contributed by atoms with Crippen LogP contribution in [0.2, 0.25) is 0 Å². The average Bonchev–Trinajstić information content (AvgIpc) is 2.88. The van der Waals surface area contributed by atoms with Gasteiger partial charge < -0.3 is 10.2 Å². The number of sulfonamides is 1. The predicted octanol–water partition coefficient (Wildman–Crippen LogP) is 2.36. The lowest BCUT2D eigenvalue weighted by Gasteiger charge is -2.28. The first-order valence-corrected chi connectivity index (χ1v) is 11.4. The highest BCUT2D eigenvalue weighted by Crippen LogP contribution is 2.21. The molecule has 2 rings (SSSR count). The van der Waals surface area contributed by atoms with Crippen molar-refractivity contribution in [1.29, 1.82) is 0 Å². The number of anilines is 1. The number of carbonyl (C=O) groups is 1. The number of halogens is 1. The Morgan fingerprint density at radius 1 is 1.19 bits per heavy atom. The molecule has 6 nitrogen and oxygen atoms in total. The molecule has 1 amide bonds. The molecule has 0 spiro atoms. The first-order valence-electron chi connectivity index (χ1n) is 9.54. The fraction of sp³-hybridized carbons (Fsp3) is 0.632. The molecule has 1 heterocycles. The van der Waals surface area contributed by atoms with Crippen molar-refractivity contribution < 1.29 is 17.6 Å². The molecule has 0 bridgehead atoms. The number of nitrogens with one attached hydrogen (secondary N) is 1. The lowest BCUT2D eigenvalue weighted by molar-refractivity contribution is -0.121. The third-order valence-electron chi connectivity index (χ3n) is 4.82. The van der Waals surface area contributed by atoms with Crippen LogP contribution in [0.5, 0.6) is 0 Å². The summed E-state index contributed by atoms with van der Waals surface area (Å²) in [5.41, 5.74) is 0.270. The Hall–Kier alpha value is -1.67. The van der Waals surface area contributed by atoms with Crippen molar-refractivity contribution in [3.63, 3.8) is 0 Å². The van der Waals surface area contributed by atoms with Crippen molar-refractivity contribution in [2.45, 2.75) is 45.1 Å². The zero-order chi connectivity index (χ0) is 19.9. The number of hydrogen-bond acceptors (Lipinski definition) is 4. The molecule has 27 heavy (non-hydrogen) atoms. The van der Waals surface area contributed by atoms with Crippen LogP contribution in [0.3, 0.4) is 0 Å². The summed E-state index contributed by atoms with van der Waals surface area (Å²) in [5.74, 6) is -0.821. The van der Waals surface area contributed by atoms with E-state index in [0.29, 0.717) is 6.54 Å². The summed E-state index contributed by atoms with van der Waals surface area (Å²) in [6, 6.07) is 4.17. The Morgan fingerprint density at radius 2 is 1.78 bits per heavy atom. The van der Waals surface area contributed by atoms with Crippen molar-refractivity contribution in [3.05, 3.63) is 30.1 Å². The highest BCUT2D eigenvalue weighted by atomic mass is 32.2. The zero-order valence-electron chi connectivity index (χ0n) is 16.2. The Bertz CT molecular complexity index is 701. The van der Waals surface area contributed by atoms with Gasteiger partial charge in [0.1, 0.15) is 11.9 Å². The zero-order valence-corrected chi connectivity index (χ0v) is 17.0. The molecule has 0 radical (unpaired) electrons. The van der Waals surface area contributed by atoms with Crippen molar-refractivity contribution in [2.75, 3.05) is 36.7 Å². The van der Waals surface area contributed by atoms with Crippen molar-refractivity contribution in [2.24, 2.45) is 0 Å². The molecule has 0 aromatic heterocycles. The van der Waals surface area contributed by atoms with Gasteiger partial charge in [-0.25, -0.2) is 12.8 Å². The van der Waals surface area contributed by atoms with Crippen LogP contribution in [0.25, 0.3) is 0 Å². The second-order valence-corrected chi connectivity index (χ2v) is 8.97. The van der Waals surface area contributed by atoms with Crippen LogP contribution in [-0.2, 0) is 14.8 Å². The van der Waals surface area contributed by atoms with Gasteiger partial charge in [-0.1, -0.05) is 12.8 Å². The number of benzene rings is 1. The third kappa shape index (κ3) is 6.77. The molecule has 152 valence electrons. The van der Waals surface area contributed by atoms with E-state index in [0.717, 1.165) is 36.6 Å². The van der Waals surface area contributed by atoms with Crippen LogP contribution >= 0.6 is 0 Å². The summed E-state index contributed by atoms with van der Waals surface area (Å²) in [6.45, 7) is 5.19. The molecular formula is C19H30FN3O3S. The molecular weight excluding hydrogens is 369 g/mol. The van der Waals surface area contributed by atoms with Crippen LogP contribution in [-0.4, -0.2) is 57.7 Å². The lowest BCUT2D eigenvalue weighted by Crippen LogP contribution is -2.48. The quantitative estimate of drug-likeness (QED) is 0.682. The van der Waals surface area contributed by atoms with E-state index in [1.807, 2.05) is 0 Å². The van der Waals surface area contributed by atoms with Crippen LogP contribution in [0, 0.1) is 5.82 Å². The highest BCUT2D eigenvalue weighted by Gasteiger charge is 2.28. The van der Waals surface area contributed by atoms with Gasteiger partial charge in [-0.3, -0.25) is 9.10 Å². The number of likely N-dealkylation sites (tertiary alicyclic amines) is 1. The Morgan fingerprint density at radius 3 is 2.33 bits per heavy atom. The maximum Gasteiger partial charge on any atom is 0.243 e. The normalized spacial score (nSPS) is 17.1. The summed E-state index contributed by atoms with van der Waals surface area (Å²) in [5, 5.41) is 2.83. The highest BCUT2D eigenvalue weighted by molar-refractivity contribution is 7.92. The van der Waals surface area contributed by atoms with Crippen molar-refractivity contribution in [3.8, 4) is 0 Å². The standard InChI is InChI=1S/C19H30FN3O3S/c1-16(23(27(2,25)26)18-10-8-17(20)9-11-18)19(24)21-12-7-15-22-13-5-3-4-6-14-22/h8-11,16H,3-7,12-15H2,1-2H3,(H,21,24)/t16-/m1/s1. The maximum absolute atomic E-state index is 13.1. The van der Waals surface area contributed by atoms with Crippen LogP contribution < -0.4 is 9.62 Å². The molecule has 1 N–H and O–H groups in total. The predicted molar refractivity (Wildman–Crippen MR) is 106 cm³/mol. The topological polar surface area (TPSA) is 69.7 Å². The molecule has 1 fully saturated rings. The van der Waals surface area contributed by atoms with E-state index >= 15 is 0 Å². The summed E-state index contributed by atoms with van der Waals surface area (Å²) >= 11 is 0. The van der Waals surface area contributed by atoms with Gasteiger partial charge in [-0.2, -0.15) is 0 Å². The summed E-state index contributed by atoms with van der Waals surface area (Å²) in [7, 11) is -3.69. The second-order valence-electron chi connectivity index (χ2n) is 7.11. The molecule has 1 saturated heterocycles. The molecule has 0 unspecified atom stereocenters. The van der Waals surface area contributed by atoms with Gasteiger partial charge in [-0.05, 0) is 70.1 Å². The first-order chi connectivity index (χ1) is 12.8. The van der Waals surface area contributed by atoms with Gasteiger partial charge in [0.15, 0.2) is 0 Å². The minimum Gasteiger partial charge on any atom is -0.354 e. The molecule has 1 atom stereocenters. The fourth-order valence-corrected chi connectivity index (χ4v) is 4.59. The van der Waals surface area contributed by atoms with Gasteiger partial charge in [0.25, 0.3) is 0 Å². The Labute approximate surface area is 161 Å². The van der Waals surface area contributed by atoms with E-state index in [9.17, 15) is 17.6 Å². The molecule has 1 aliphatic heterocycles. The largest absolute Gasteiger partial charge is 0.354 e. The Kier molecular flexibility index (Phi) is 8.04. The molecule has 0 aliphatic carbocycles. The van der Waals surface area contributed by atoms with E-state index in [2.05, 4.69) is 10.2 Å². The van der Waals surface area contributed by atoms with Gasteiger partial charge in [0.05, 0.1) is 11.9 Å². The van der Waals surface area contributed by atoms with E-state index in [1.54, 1.807) is 0 Å². The Balaban J connectivity index is 1.89. The molecule has 0 saturated carbocycles. The monoisotopic (exact) mass is 399 g/mol. The van der Waals surface area contributed by atoms with Gasteiger partial charge in [0.2, 0.25) is 15.9 Å². The SMILES string of the molecule is C[C@H](C(=O)NCCCN1CCCCCC1)N(c1ccc(F)cc1)S(C)(=O)=O. The van der Waals surface area contributed by atoms with Crippen molar-refractivity contribution >= 4 is 21.6 Å². The minimum atomic E-state index is -3.69. The van der Waals surface area contributed by atoms with Crippen molar-refractivity contribution in [1.82, 2.24) is 10.2 Å².